The molecular formula is C10H13F2NO. The zero-order valence-corrected chi connectivity index (χ0v) is 8.09. The quantitative estimate of drug-likeness (QED) is 0.771. The van der Waals surface area contributed by atoms with Gasteiger partial charge in [-0.1, -0.05) is 12.1 Å². The maximum atomic E-state index is 12.3. The summed E-state index contributed by atoms with van der Waals surface area (Å²) in [6, 6.07) is 1.69. The third kappa shape index (κ3) is 2.01. The Morgan fingerprint density at radius 1 is 1.21 bits per heavy atom. The molecule has 0 radical (unpaired) electrons. The Hall–Kier alpha value is -1.16. The highest BCUT2D eigenvalue weighted by molar-refractivity contribution is 5.43. The number of benzene rings is 1. The van der Waals surface area contributed by atoms with E-state index in [9.17, 15) is 13.9 Å². The summed E-state index contributed by atoms with van der Waals surface area (Å²) < 4.78 is 24.6. The fourth-order valence-electron chi connectivity index (χ4n) is 1.33. The number of aromatic hydroxyl groups is 1. The van der Waals surface area contributed by atoms with E-state index in [-0.39, 0.29) is 5.75 Å². The molecule has 0 heterocycles. The van der Waals surface area contributed by atoms with E-state index in [0.29, 0.717) is 16.7 Å². The second-order valence-corrected chi connectivity index (χ2v) is 3.36. The predicted molar refractivity (Wildman–Crippen MR) is 50.5 cm³/mol. The van der Waals surface area contributed by atoms with Gasteiger partial charge in [-0.2, -0.15) is 0 Å². The molecule has 14 heavy (non-hydrogen) atoms. The van der Waals surface area contributed by atoms with E-state index in [1.165, 1.54) is 12.1 Å². The Bertz CT molecular complexity index is 316. The molecule has 0 amide bonds. The van der Waals surface area contributed by atoms with Gasteiger partial charge < -0.3 is 10.8 Å². The van der Waals surface area contributed by atoms with Crippen molar-refractivity contribution in [2.45, 2.75) is 26.3 Å². The predicted octanol–water partition coefficient (Wildman–Crippen LogP) is 2.27. The van der Waals surface area contributed by atoms with Crippen LogP contribution in [0.15, 0.2) is 12.1 Å². The van der Waals surface area contributed by atoms with Gasteiger partial charge in [-0.15, -0.1) is 0 Å². The molecule has 0 aliphatic carbocycles. The number of phenols is 1. The molecule has 0 bridgehead atoms. The highest BCUT2D eigenvalue weighted by atomic mass is 19.3. The molecule has 0 aromatic heterocycles. The van der Waals surface area contributed by atoms with Crippen molar-refractivity contribution in [3.05, 3.63) is 28.8 Å². The van der Waals surface area contributed by atoms with Crippen LogP contribution in [-0.4, -0.2) is 11.5 Å². The normalized spacial score (nSPS) is 13.3. The first kappa shape index (κ1) is 10.9. The van der Waals surface area contributed by atoms with E-state index in [0.717, 1.165) is 0 Å². The number of phenolic OH excluding ortho intramolecular Hbond substituents is 1. The van der Waals surface area contributed by atoms with Gasteiger partial charge in [0.2, 0.25) is 0 Å². The van der Waals surface area contributed by atoms with Crippen LogP contribution >= 0.6 is 0 Å². The van der Waals surface area contributed by atoms with Gasteiger partial charge in [0.05, 0.1) is 6.04 Å². The van der Waals surface area contributed by atoms with Crippen LogP contribution in [0.3, 0.4) is 0 Å². The molecule has 0 aliphatic rings. The van der Waals surface area contributed by atoms with Gasteiger partial charge in [0.1, 0.15) is 5.75 Å². The van der Waals surface area contributed by atoms with Crippen molar-refractivity contribution in [2.24, 2.45) is 5.73 Å². The molecular weight excluding hydrogens is 188 g/mol. The number of hydrogen-bond donors (Lipinski definition) is 2. The molecule has 0 unspecified atom stereocenters. The molecule has 1 aromatic carbocycles. The third-order valence-corrected chi connectivity index (χ3v) is 2.17. The largest absolute Gasteiger partial charge is 0.507 e. The molecule has 0 spiro atoms. The van der Waals surface area contributed by atoms with Gasteiger partial charge in [-0.25, -0.2) is 8.78 Å². The van der Waals surface area contributed by atoms with Gasteiger partial charge in [0, 0.05) is 0 Å². The van der Waals surface area contributed by atoms with Crippen LogP contribution in [0.1, 0.15) is 22.7 Å². The first-order valence-corrected chi connectivity index (χ1v) is 4.27. The summed E-state index contributed by atoms with van der Waals surface area (Å²) in [5.41, 5.74) is 6.78. The highest BCUT2D eigenvalue weighted by Gasteiger charge is 2.18. The van der Waals surface area contributed by atoms with Crippen molar-refractivity contribution >= 4 is 0 Å². The van der Waals surface area contributed by atoms with Crippen molar-refractivity contribution in [3.8, 4) is 5.75 Å². The fraction of sp³-hybridized carbons (Fsp3) is 0.400. The lowest BCUT2D eigenvalue weighted by molar-refractivity contribution is 0.116. The lowest BCUT2D eigenvalue weighted by atomic mass is 10.0. The van der Waals surface area contributed by atoms with Crippen LogP contribution in [0.4, 0.5) is 8.78 Å². The van der Waals surface area contributed by atoms with Crippen LogP contribution in [0.5, 0.6) is 5.75 Å². The SMILES string of the molecule is Cc1cc([C@@H](N)C(F)F)cc(C)c1O. The van der Waals surface area contributed by atoms with Crippen molar-refractivity contribution in [2.75, 3.05) is 0 Å². The Labute approximate surface area is 81.4 Å². The fourth-order valence-corrected chi connectivity index (χ4v) is 1.33. The van der Waals surface area contributed by atoms with E-state index in [2.05, 4.69) is 0 Å². The van der Waals surface area contributed by atoms with Crippen LogP contribution in [0.25, 0.3) is 0 Å². The first-order chi connectivity index (χ1) is 6.43. The molecule has 0 aliphatic heterocycles. The topological polar surface area (TPSA) is 46.2 Å². The summed E-state index contributed by atoms with van der Waals surface area (Å²) in [7, 11) is 0. The minimum Gasteiger partial charge on any atom is -0.507 e. The van der Waals surface area contributed by atoms with E-state index < -0.39 is 12.5 Å². The van der Waals surface area contributed by atoms with Gasteiger partial charge in [0.15, 0.2) is 0 Å². The zero-order valence-electron chi connectivity index (χ0n) is 8.09. The van der Waals surface area contributed by atoms with E-state index in [1.54, 1.807) is 13.8 Å². The molecule has 0 saturated carbocycles. The summed E-state index contributed by atoms with van der Waals surface area (Å²) in [5, 5.41) is 9.42. The Balaban J connectivity index is 3.12. The molecule has 2 nitrogen and oxygen atoms in total. The number of nitrogens with two attached hydrogens (primary N) is 1. The zero-order chi connectivity index (χ0) is 10.9. The smallest absolute Gasteiger partial charge is 0.257 e. The molecule has 78 valence electrons. The van der Waals surface area contributed by atoms with Crippen LogP contribution in [0.2, 0.25) is 0 Å². The van der Waals surface area contributed by atoms with Gasteiger partial charge in [0.25, 0.3) is 6.43 Å². The van der Waals surface area contributed by atoms with Crippen molar-refractivity contribution in [3.63, 3.8) is 0 Å². The standard InChI is InChI=1S/C10H13F2NO/c1-5-3-7(8(13)10(11)12)4-6(2)9(5)14/h3-4,8,10,14H,13H2,1-2H3/t8-/m1/s1. The lowest BCUT2D eigenvalue weighted by Gasteiger charge is -2.13. The molecule has 0 fully saturated rings. The van der Waals surface area contributed by atoms with Gasteiger partial charge in [-0.05, 0) is 30.5 Å². The van der Waals surface area contributed by atoms with Crippen LogP contribution in [-0.2, 0) is 0 Å². The van der Waals surface area contributed by atoms with Gasteiger partial charge in [-0.3, -0.25) is 0 Å². The summed E-state index contributed by atoms with van der Waals surface area (Å²) in [5.74, 6) is 0.134. The van der Waals surface area contributed by atoms with E-state index in [1.807, 2.05) is 0 Å². The molecule has 1 atom stereocenters. The van der Waals surface area contributed by atoms with Crippen molar-refractivity contribution in [1.82, 2.24) is 0 Å². The average Bonchev–Trinajstić information content (AvgIpc) is 2.12. The van der Waals surface area contributed by atoms with Crippen LogP contribution < -0.4 is 5.73 Å². The van der Waals surface area contributed by atoms with Crippen molar-refractivity contribution in [1.29, 1.82) is 0 Å². The molecule has 1 rings (SSSR count). The Kier molecular flexibility index (Phi) is 3.06. The Morgan fingerprint density at radius 3 is 2.00 bits per heavy atom. The minimum absolute atomic E-state index is 0.134. The number of halogens is 2. The summed E-state index contributed by atoms with van der Waals surface area (Å²) in [6.45, 7) is 3.31. The number of alkyl halides is 2. The number of hydrogen-bond acceptors (Lipinski definition) is 2. The van der Waals surface area contributed by atoms with E-state index >= 15 is 0 Å². The summed E-state index contributed by atoms with van der Waals surface area (Å²) in [4.78, 5) is 0. The minimum atomic E-state index is -2.58. The molecule has 4 heteroatoms. The van der Waals surface area contributed by atoms with Crippen molar-refractivity contribution < 1.29 is 13.9 Å². The number of aryl methyl sites for hydroxylation is 2. The number of rotatable bonds is 2. The molecule has 3 N–H and O–H groups in total. The molecule has 0 saturated heterocycles. The van der Waals surface area contributed by atoms with E-state index in [4.69, 9.17) is 5.73 Å². The molecule has 1 aromatic rings. The lowest BCUT2D eigenvalue weighted by Crippen LogP contribution is -2.19. The second kappa shape index (κ2) is 3.92. The average molecular weight is 201 g/mol. The van der Waals surface area contributed by atoms with Crippen LogP contribution in [0, 0.1) is 13.8 Å². The summed E-state index contributed by atoms with van der Waals surface area (Å²) in [6.07, 6.45) is -2.58. The Morgan fingerprint density at radius 2 is 1.64 bits per heavy atom. The second-order valence-electron chi connectivity index (χ2n) is 3.36. The summed E-state index contributed by atoms with van der Waals surface area (Å²) >= 11 is 0. The highest BCUT2D eigenvalue weighted by Crippen LogP contribution is 2.27. The maximum Gasteiger partial charge on any atom is 0.257 e. The maximum absolute atomic E-state index is 12.3. The monoisotopic (exact) mass is 201 g/mol. The third-order valence-electron chi connectivity index (χ3n) is 2.17. The van der Waals surface area contributed by atoms with Gasteiger partial charge >= 0.3 is 0 Å². The first-order valence-electron chi connectivity index (χ1n) is 4.27.